The van der Waals surface area contributed by atoms with Crippen LogP contribution in [-0.4, -0.2) is 27.1 Å². The Morgan fingerprint density at radius 2 is 2.24 bits per heavy atom. The molecule has 0 spiro atoms. The molecule has 2 aromatic rings. The predicted octanol–water partition coefficient (Wildman–Crippen LogP) is 1.00. The Morgan fingerprint density at radius 1 is 1.43 bits per heavy atom. The Balaban J connectivity index is 1.76. The number of hydrogen-bond donors (Lipinski definition) is 3. The van der Waals surface area contributed by atoms with Crippen molar-refractivity contribution in [1.29, 1.82) is 0 Å². The minimum absolute atomic E-state index is 0.0450. The Labute approximate surface area is 122 Å². The van der Waals surface area contributed by atoms with E-state index >= 15 is 0 Å². The molecule has 1 amide bonds. The van der Waals surface area contributed by atoms with Crippen LogP contribution in [0.3, 0.4) is 0 Å². The van der Waals surface area contributed by atoms with E-state index in [1.54, 1.807) is 12.3 Å². The highest BCUT2D eigenvalue weighted by molar-refractivity contribution is 5.94. The average molecular weight is 286 g/mol. The van der Waals surface area contributed by atoms with E-state index in [0.717, 1.165) is 41.8 Å². The summed E-state index contributed by atoms with van der Waals surface area (Å²) in [5.41, 5.74) is 3.81. The average Bonchev–Trinajstić information content (AvgIpc) is 2.90. The molecule has 0 fully saturated rings. The van der Waals surface area contributed by atoms with Gasteiger partial charge in [0.25, 0.3) is 11.5 Å². The number of fused-ring (bicyclic) bond motifs is 1. The molecule has 21 heavy (non-hydrogen) atoms. The highest BCUT2D eigenvalue weighted by Gasteiger charge is 2.23. The number of aromatic nitrogens is 3. The number of H-pyrrole nitrogens is 2. The van der Waals surface area contributed by atoms with Gasteiger partial charge in [-0.2, -0.15) is 5.10 Å². The molecule has 110 valence electrons. The van der Waals surface area contributed by atoms with Crippen molar-refractivity contribution in [2.75, 3.05) is 0 Å². The maximum absolute atomic E-state index is 12.3. The smallest absolute Gasteiger partial charge is 0.261 e. The SMILES string of the molecule is Cc1cc(C(=O)NC2CCc3[nH]ncc3C2)c(=O)[nH]c1C. The number of aromatic amines is 2. The maximum Gasteiger partial charge on any atom is 0.261 e. The van der Waals surface area contributed by atoms with Crippen molar-refractivity contribution >= 4 is 5.91 Å². The van der Waals surface area contributed by atoms with Crippen LogP contribution in [0.4, 0.5) is 0 Å². The summed E-state index contributed by atoms with van der Waals surface area (Å²) in [6.07, 6.45) is 4.27. The van der Waals surface area contributed by atoms with Crippen molar-refractivity contribution < 1.29 is 4.79 Å². The van der Waals surface area contributed by atoms with Crippen molar-refractivity contribution in [3.63, 3.8) is 0 Å². The van der Waals surface area contributed by atoms with E-state index in [9.17, 15) is 9.59 Å². The fraction of sp³-hybridized carbons (Fsp3) is 0.400. The van der Waals surface area contributed by atoms with Crippen LogP contribution in [0.15, 0.2) is 17.1 Å². The molecule has 6 heteroatoms. The Kier molecular flexibility index (Phi) is 3.37. The summed E-state index contributed by atoms with van der Waals surface area (Å²) in [5.74, 6) is -0.309. The van der Waals surface area contributed by atoms with Gasteiger partial charge in [0.1, 0.15) is 5.56 Å². The lowest BCUT2D eigenvalue weighted by molar-refractivity contribution is 0.0932. The predicted molar refractivity (Wildman–Crippen MR) is 78.4 cm³/mol. The van der Waals surface area contributed by atoms with Crippen LogP contribution >= 0.6 is 0 Å². The summed E-state index contributed by atoms with van der Waals surface area (Å²) in [7, 11) is 0. The number of carbonyl (C=O) groups is 1. The van der Waals surface area contributed by atoms with Crippen molar-refractivity contribution in [2.24, 2.45) is 0 Å². The van der Waals surface area contributed by atoms with Gasteiger partial charge in [-0.15, -0.1) is 0 Å². The largest absolute Gasteiger partial charge is 0.349 e. The molecule has 0 radical (unpaired) electrons. The van der Waals surface area contributed by atoms with E-state index in [1.165, 1.54) is 0 Å². The van der Waals surface area contributed by atoms with Crippen LogP contribution in [-0.2, 0) is 12.8 Å². The molecule has 0 saturated carbocycles. The first kappa shape index (κ1) is 13.6. The van der Waals surface area contributed by atoms with Crippen LogP contribution in [0.25, 0.3) is 0 Å². The van der Waals surface area contributed by atoms with Gasteiger partial charge in [-0.25, -0.2) is 0 Å². The third-order valence-electron chi connectivity index (χ3n) is 4.09. The first-order valence-corrected chi connectivity index (χ1v) is 7.07. The molecule has 6 nitrogen and oxygen atoms in total. The Hall–Kier alpha value is -2.37. The van der Waals surface area contributed by atoms with Gasteiger partial charge >= 0.3 is 0 Å². The molecule has 1 aliphatic rings. The van der Waals surface area contributed by atoms with E-state index in [-0.39, 0.29) is 23.1 Å². The van der Waals surface area contributed by atoms with Gasteiger partial charge in [0.15, 0.2) is 0 Å². The van der Waals surface area contributed by atoms with Crippen molar-refractivity contribution in [1.82, 2.24) is 20.5 Å². The number of amides is 1. The minimum Gasteiger partial charge on any atom is -0.349 e. The van der Waals surface area contributed by atoms with Crippen LogP contribution in [0.2, 0.25) is 0 Å². The molecule has 0 bridgehead atoms. The quantitative estimate of drug-likeness (QED) is 0.769. The van der Waals surface area contributed by atoms with Crippen LogP contribution < -0.4 is 10.9 Å². The van der Waals surface area contributed by atoms with E-state index in [0.29, 0.717) is 0 Å². The molecule has 0 aliphatic heterocycles. The standard InChI is InChI=1S/C15H18N4O2/c1-8-5-12(14(20)17-9(8)2)15(21)18-11-3-4-13-10(6-11)7-16-19-13/h5,7,11H,3-4,6H2,1-2H3,(H,16,19)(H,17,20)(H,18,21). The second-order valence-electron chi connectivity index (χ2n) is 5.61. The molecule has 3 N–H and O–H groups in total. The van der Waals surface area contributed by atoms with Gasteiger partial charge in [0.2, 0.25) is 0 Å². The lowest BCUT2D eigenvalue weighted by atomic mass is 9.93. The van der Waals surface area contributed by atoms with Crippen LogP contribution in [0.1, 0.15) is 39.3 Å². The molecule has 3 rings (SSSR count). The molecule has 0 saturated heterocycles. The molecule has 2 aromatic heterocycles. The van der Waals surface area contributed by atoms with E-state index in [2.05, 4.69) is 20.5 Å². The zero-order valence-corrected chi connectivity index (χ0v) is 12.1. The summed E-state index contributed by atoms with van der Waals surface area (Å²) < 4.78 is 0. The third-order valence-corrected chi connectivity index (χ3v) is 4.09. The second kappa shape index (κ2) is 5.20. The number of rotatable bonds is 2. The van der Waals surface area contributed by atoms with Gasteiger partial charge in [-0.05, 0) is 50.3 Å². The van der Waals surface area contributed by atoms with Crippen molar-refractivity contribution in [2.45, 2.75) is 39.2 Å². The number of carbonyl (C=O) groups excluding carboxylic acids is 1. The lowest BCUT2D eigenvalue weighted by Crippen LogP contribution is -2.40. The monoisotopic (exact) mass is 286 g/mol. The number of hydrogen-bond acceptors (Lipinski definition) is 3. The fourth-order valence-corrected chi connectivity index (χ4v) is 2.70. The minimum atomic E-state index is -0.338. The fourth-order valence-electron chi connectivity index (χ4n) is 2.70. The topological polar surface area (TPSA) is 90.6 Å². The molecule has 0 aromatic carbocycles. The summed E-state index contributed by atoms with van der Waals surface area (Å²) in [6, 6.07) is 1.69. The summed E-state index contributed by atoms with van der Waals surface area (Å²) >= 11 is 0. The highest BCUT2D eigenvalue weighted by Crippen LogP contribution is 2.19. The van der Waals surface area contributed by atoms with Gasteiger partial charge in [-0.3, -0.25) is 14.7 Å². The van der Waals surface area contributed by atoms with Gasteiger partial charge in [-0.1, -0.05) is 0 Å². The Bertz CT molecular complexity index is 744. The first-order chi connectivity index (χ1) is 10.0. The maximum atomic E-state index is 12.3. The number of aryl methyl sites for hydroxylation is 3. The second-order valence-corrected chi connectivity index (χ2v) is 5.61. The van der Waals surface area contributed by atoms with E-state index in [1.807, 2.05) is 13.8 Å². The number of nitrogens with one attached hydrogen (secondary N) is 3. The Morgan fingerprint density at radius 3 is 3.05 bits per heavy atom. The molecule has 1 atom stereocenters. The van der Waals surface area contributed by atoms with Crippen LogP contribution in [0.5, 0.6) is 0 Å². The summed E-state index contributed by atoms with van der Waals surface area (Å²) in [4.78, 5) is 26.9. The van der Waals surface area contributed by atoms with Crippen molar-refractivity contribution in [3.8, 4) is 0 Å². The van der Waals surface area contributed by atoms with Gasteiger partial charge in [0, 0.05) is 17.4 Å². The molecular weight excluding hydrogens is 268 g/mol. The zero-order valence-electron chi connectivity index (χ0n) is 12.1. The molecule has 1 unspecified atom stereocenters. The number of nitrogens with zero attached hydrogens (tertiary/aromatic N) is 1. The number of pyridine rings is 1. The zero-order chi connectivity index (χ0) is 15.0. The molecule has 2 heterocycles. The molecular formula is C15H18N4O2. The highest BCUT2D eigenvalue weighted by atomic mass is 16.2. The van der Waals surface area contributed by atoms with E-state index in [4.69, 9.17) is 0 Å². The van der Waals surface area contributed by atoms with Crippen molar-refractivity contribution in [3.05, 3.63) is 50.7 Å². The lowest BCUT2D eigenvalue weighted by Gasteiger charge is -2.22. The van der Waals surface area contributed by atoms with E-state index < -0.39 is 0 Å². The third kappa shape index (κ3) is 2.61. The molecule has 1 aliphatic carbocycles. The normalized spacial score (nSPS) is 17.3. The van der Waals surface area contributed by atoms with Gasteiger partial charge < -0.3 is 10.3 Å². The van der Waals surface area contributed by atoms with Gasteiger partial charge in [0.05, 0.1) is 6.20 Å². The first-order valence-electron chi connectivity index (χ1n) is 7.07. The summed E-state index contributed by atoms with van der Waals surface area (Å²) in [5, 5.41) is 9.94. The summed E-state index contributed by atoms with van der Waals surface area (Å²) in [6.45, 7) is 3.69. The van der Waals surface area contributed by atoms with Crippen LogP contribution in [0, 0.1) is 13.8 Å².